The lowest BCUT2D eigenvalue weighted by Gasteiger charge is -2.37. The van der Waals surface area contributed by atoms with Gasteiger partial charge in [0.1, 0.15) is 23.7 Å². The largest absolute Gasteiger partial charge is 0.453 e. The van der Waals surface area contributed by atoms with Crippen LogP contribution in [0.5, 0.6) is 0 Å². The van der Waals surface area contributed by atoms with Crippen molar-refractivity contribution in [1.82, 2.24) is 35.7 Å². The van der Waals surface area contributed by atoms with E-state index in [-0.39, 0.29) is 60.3 Å². The van der Waals surface area contributed by atoms with Crippen LogP contribution in [0, 0.1) is 23.7 Å². The first-order valence-electron chi connectivity index (χ1n) is 23.8. The number of hydrogen-bond donors (Lipinski definition) is 4. The summed E-state index contributed by atoms with van der Waals surface area (Å²) in [5, 5.41) is 9.13. The first kappa shape index (κ1) is 46.4. The van der Waals surface area contributed by atoms with E-state index in [1.165, 1.54) is 19.8 Å². The molecular formula is C53H62N8O7. The Kier molecular flexibility index (Phi) is 13.5. The number of fused-ring (bicyclic) bond motifs is 9. The zero-order chi connectivity index (χ0) is 47.6. The minimum absolute atomic E-state index is 0.00920. The number of aromatic amines is 1. The predicted octanol–water partition coefficient (Wildman–Crippen LogP) is 7.56. The van der Waals surface area contributed by atoms with Crippen LogP contribution in [0.4, 0.5) is 9.59 Å². The predicted molar refractivity (Wildman–Crippen MR) is 261 cm³/mol. The van der Waals surface area contributed by atoms with E-state index in [0.717, 1.165) is 71.6 Å². The molecule has 68 heavy (non-hydrogen) atoms. The summed E-state index contributed by atoms with van der Waals surface area (Å²) >= 11 is 0. The number of carbonyl (C=O) groups is 4. The summed E-state index contributed by atoms with van der Waals surface area (Å²) in [7, 11) is 4.21. The number of methoxy groups -OCH3 is 3. The van der Waals surface area contributed by atoms with Crippen molar-refractivity contribution in [3.63, 3.8) is 0 Å². The number of amidine groups is 1. The van der Waals surface area contributed by atoms with Crippen LogP contribution in [0.25, 0.3) is 23.3 Å². The SMILES string of the molecule is C=CC(COC)CN(CC1=NC2CC(C=Cc3cc(C4=CC=C5c6nc(C7C8CCC(C8)N7C(=O)C(NC(=O)OC)C(C)C)[nH]c6C=CC5C4)ccc32)N1)C(=O)C(NC(=O)OC)c1ccccc1. The molecular weight excluding hydrogens is 861 g/mol. The second-order valence-corrected chi connectivity index (χ2v) is 19.1. The van der Waals surface area contributed by atoms with Crippen LogP contribution in [-0.2, 0) is 23.8 Å². The van der Waals surface area contributed by atoms with Crippen LogP contribution in [0.3, 0.4) is 0 Å². The number of aromatic nitrogens is 2. The Balaban J connectivity index is 0.947. The average Bonchev–Trinajstić information content (AvgIpc) is 4.09. The molecule has 1 aromatic heterocycles. The van der Waals surface area contributed by atoms with E-state index in [0.29, 0.717) is 30.5 Å². The summed E-state index contributed by atoms with van der Waals surface area (Å²) < 4.78 is 15.3. The third-order valence-electron chi connectivity index (χ3n) is 14.4. The summed E-state index contributed by atoms with van der Waals surface area (Å²) in [5.41, 5.74) is 8.27. The minimum atomic E-state index is -0.984. The molecule has 2 aliphatic heterocycles. The molecule has 0 radical (unpaired) electrons. The number of H-pyrrole nitrogens is 1. The molecule has 4 N–H and O–H groups in total. The van der Waals surface area contributed by atoms with Crippen molar-refractivity contribution >= 4 is 53.1 Å². The van der Waals surface area contributed by atoms with E-state index < -0.39 is 24.3 Å². The van der Waals surface area contributed by atoms with Crippen molar-refractivity contribution in [3.05, 3.63) is 125 Å². The monoisotopic (exact) mass is 922 g/mol. The molecule has 356 valence electrons. The van der Waals surface area contributed by atoms with Crippen LogP contribution in [0.15, 0.2) is 90.5 Å². The fraction of sp³-hybridized carbons (Fsp3) is 0.434. The number of amides is 4. The Bertz CT molecular complexity index is 2600. The maximum absolute atomic E-state index is 14.5. The molecule has 4 aliphatic carbocycles. The van der Waals surface area contributed by atoms with Crippen molar-refractivity contribution in [3.8, 4) is 0 Å². The number of rotatable bonds is 15. The molecule has 15 heteroatoms. The number of nitrogens with zero attached hydrogens (tertiary/aromatic N) is 4. The number of piperidine rings is 1. The van der Waals surface area contributed by atoms with Gasteiger partial charge in [0.05, 0.1) is 50.8 Å². The van der Waals surface area contributed by atoms with Gasteiger partial charge in [-0.25, -0.2) is 14.6 Å². The first-order valence-corrected chi connectivity index (χ1v) is 23.8. The second-order valence-electron chi connectivity index (χ2n) is 19.1. The summed E-state index contributed by atoms with van der Waals surface area (Å²) in [5.74, 6) is 1.25. The number of hydrogen-bond acceptors (Lipinski definition) is 10. The van der Waals surface area contributed by atoms with Gasteiger partial charge in [-0.2, -0.15) is 0 Å². The van der Waals surface area contributed by atoms with E-state index in [1.54, 1.807) is 18.1 Å². The first-order chi connectivity index (χ1) is 33.0. The highest BCUT2D eigenvalue weighted by Gasteiger charge is 2.52. The molecule has 0 spiro atoms. The maximum atomic E-state index is 14.5. The topological polar surface area (TPSA) is 180 Å². The maximum Gasteiger partial charge on any atom is 0.407 e. The van der Waals surface area contributed by atoms with Crippen LogP contribution in [0.1, 0.15) is 104 Å². The number of alkyl carbamates (subject to hydrolysis) is 2. The van der Waals surface area contributed by atoms with Crippen LogP contribution < -0.4 is 16.0 Å². The lowest BCUT2D eigenvalue weighted by atomic mass is 9.79. The van der Waals surface area contributed by atoms with E-state index in [2.05, 4.69) is 82.2 Å². The highest BCUT2D eigenvalue weighted by atomic mass is 16.5. The fourth-order valence-electron chi connectivity index (χ4n) is 11.0. The van der Waals surface area contributed by atoms with Gasteiger partial charge in [0.2, 0.25) is 11.8 Å². The van der Waals surface area contributed by atoms with Crippen molar-refractivity contribution < 1.29 is 33.4 Å². The number of aliphatic imine (C=N–C) groups is 1. The lowest BCUT2D eigenvalue weighted by Crippen LogP contribution is -2.54. The Morgan fingerprint density at radius 3 is 2.51 bits per heavy atom. The smallest absolute Gasteiger partial charge is 0.407 e. The number of carbonyl (C=O) groups excluding carboxylic acids is 4. The molecule has 6 aliphatic rings. The minimum Gasteiger partial charge on any atom is -0.453 e. The fourth-order valence-corrected chi connectivity index (χ4v) is 11.0. The number of ether oxygens (including phenoxy) is 3. The van der Waals surface area contributed by atoms with Gasteiger partial charge in [-0.1, -0.05) is 92.8 Å². The summed E-state index contributed by atoms with van der Waals surface area (Å²) in [4.78, 5) is 71.3. The van der Waals surface area contributed by atoms with Gasteiger partial charge in [0.15, 0.2) is 0 Å². The molecule has 4 bridgehead atoms. The number of likely N-dealkylation sites (tertiary alicyclic amines) is 1. The molecule has 2 fully saturated rings. The quantitative estimate of drug-likeness (QED) is 0.112. The molecule has 3 aromatic rings. The Hall–Kier alpha value is -6.74. The number of imidazole rings is 1. The van der Waals surface area contributed by atoms with Crippen LogP contribution in [-0.4, -0.2) is 109 Å². The van der Waals surface area contributed by atoms with E-state index >= 15 is 0 Å². The molecule has 9 atom stereocenters. The van der Waals surface area contributed by atoms with Gasteiger partial charge >= 0.3 is 12.2 Å². The number of benzene rings is 2. The summed E-state index contributed by atoms with van der Waals surface area (Å²) in [6.45, 7) is 8.74. The highest BCUT2D eigenvalue weighted by molar-refractivity contribution is 5.93. The van der Waals surface area contributed by atoms with Crippen molar-refractivity contribution in [1.29, 1.82) is 0 Å². The van der Waals surface area contributed by atoms with Gasteiger partial charge in [-0.05, 0) is 89.5 Å². The standard InChI is InChI=1S/C53H62N8O7/c1-7-31(29-66-4)27-60(50(62)46(59-53(65)68-6)32-11-9-8-10-12-32)28-44-54-38-18-13-35-23-33(15-20-40(35)43(26-38)55-44)34-16-21-41-36(24-34)17-22-42-47(41)57-49(56-42)48-37-14-19-39(25-37)61(48)51(63)45(30(2)3)58-52(64)67-5/h7-13,15-18,20-23,30-31,36-39,43,45-46,48H,1,14,19,24-29H2,2-6H3,(H,54,55)(H,56,57)(H,58,64)(H,59,65). The van der Waals surface area contributed by atoms with E-state index in [4.69, 9.17) is 24.2 Å². The molecule has 9 unspecified atom stereocenters. The second kappa shape index (κ2) is 19.8. The molecule has 9 rings (SSSR count). The van der Waals surface area contributed by atoms with Crippen molar-refractivity contribution in [2.45, 2.75) is 82.2 Å². The Morgan fingerprint density at radius 1 is 0.971 bits per heavy atom. The number of allylic oxidation sites excluding steroid dienone is 5. The third-order valence-corrected chi connectivity index (χ3v) is 14.4. The Morgan fingerprint density at radius 2 is 1.76 bits per heavy atom. The van der Waals surface area contributed by atoms with E-state index in [1.807, 2.05) is 49.1 Å². The molecule has 1 saturated carbocycles. The molecule has 15 nitrogen and oxygen atoms in total. The van der Waals surface area contributed by atoms with Crippen LogP contribution in [0.2, 0.25) is 0 Å². The van der Waals surface area contributed by atoms with Crippen LogP contribution >= 0.6 is 0 Å². The van der Waals surface area contributed by atoms with Gasteiger partial charge in [-0.15, -0.1) is 6.58 Å². The zero-order valence-electron chi connectivity index (χ0n) is 39.4. The Labute approximate surface area is 397 Å². The molecule has 2 aromatic carbocycles. The van der Waals surface area contributed by atoms with Crippen molar-refractivity contribution in [2.24, 2.45) is 28.7 Å². The van der Waals surface area contributed by atoms with Gasteiger partial charge in [-0.3, -0.25) is 14.6 Å². The summed E-state index contributed by atoms with van der Waals surface area (Å²) in [6.07, 6.45) is 18.1. The highest BCUT2D eigenvalue weighted by Crippen LogP contribution is 2.51. The van der Waals surface area contributed by atoms with Gasteiger partial charge in [0.25, 0.3) is 0 Å². The zero-order valence-corrected chi connectivity index (χ0v) is 39.4. The average molecular weight is 923 g/mol. The number of nitrogens with one attached hydrogen (secondary N) is 4. The van der Waals surface area contributed by atoms with Crippen molar-refractivity contribution in [2.75, 3.05) is 41.0 Å². The van der Waals surface area contributed by atoms with Gasteiger partial charge in [0, 0.05) is 37.6 Å². The molecule has 3 heterocycles. The summed E-state index contributed by atoms with van der Waals surface area (Å²) in [6, 6.07) is 13.9. The molecule has 1 saturated heterocycles. The van der Waals surface area contributed by atoms with Gasteiger partial charge < -0.3 is 44.9 Å². The molecule has 4 amide bonds. The lowest BCUT2D eigenvalue weighted by molar-refractivity contribution is -0.139. The van der Waals surface area contributed by atoms with E-state index in [9.17, 15) is 19.2 Å². The normalized spacial score (nSPS) is 24.1. The third kappa shape index (κ3) is 9.28.